The molecule has 1 aliphatic rings. The number of carbonyl (C=O) groups is 3. The van der Waals surface area contributed by atoms with Crippen LogP contribution in [0.3, 0.4) is 0 Å². The largest absolute Gasteiger partial charge is 0.457 e. The summed E-state index contributed by atoms with van der Waals surface area (Å²) in [5.74, 6) is -0.894. The maximum atomic E-state index is 13.0. The molecule has 32 heavy (non-hydrogen) atoms. The SMILES string of the molecule is N#Cc1ccc(-c2ccc(/C=C3\NC(=O)N(CC(=O)Nc4ccc(F)cc4)C3=O)o2)cc1. The number of nitrogens with one attached hydrogen (secondary N) is 2. The number of amides is 4. The van der Waals surface area contributed by atoms with E-state index in [-0.39, 0.29) is 5.70 Å². The monoisotopic (exact) mass is 430 g/mol. The van der Waals surface area contributed by atoms with Crippen molar-refractivity contribution < 1.29 is 23.2 Å². The van der Waals surface area contributed by atoms with Gasteiger partial charge in [-0.15, -0.1) is 0 Å². The lowest BCUT2D eigenvalue weighted by atomic mass is 10.1. The number of hydrogen-bond donors (Lipinski definition) is 2. The highest BCUT2D eigenvalue weighted by Crippen LogP contribution is 2.24. The van der Waals surface area contributed by atoms with Crippen molar-refractivity contribution in [3.63, 3.8) is 0 Å². The summed E-state index contributed by atoms with van der Waals surface area (Å²) in [6, 6.07) is 16.5. The van der Waals surface area contributed by atoms with Gasteiger partial charge in [-0.05, 0) is 60.7 Å². The van der Waals surface area contributed by atoms with Crippen LogP contribution in [0, 0.1) is 17.1 Å². The fourth-order valence-electron chi connectivity index (χ4n) is 3.03. The van der Waals surface area contributed by atoms with Crippen LogP contribution in [-0.2, 0) is 9.59 Å². The smallest absolute Gasteiger partial charge is 0.329 e. The number of nitriles is 1. The Morgan fingerprint density at radius 3 is 2.50 bits per heavy atom. The number of halogens is 1. The van der Waals surface area contributed by atoms with Gasteiger partial charge in [-0.1, -0.05) is 0 Å². The molecule has 1 aromatic heterocycles. The van der Waals surface area contributed by atoms with Crippen molar-refractivity contribution in [2.75, 3.05) is 11.9 Å². The van der Waals surface area contributed by atoms with Crippen molar-refractivity contribution in [1.29, 1.82) is 5.26 Å². The molecule has 1 saturated heterocycles. The van der Waals surface area contributed by atoms with Crippen molar-refractivity contribution in [1.82, 2.24) is 10.2 Å². The van der Waals surface area contributed by atoms with E-state index in [4.69, 9.17) is 9.68 Å². The topological polar surface area (TPSA) is 115 Å². The second-order valence-electron chi connectivity index (χ2n) is 6.83. The van der Waals surface area contributed by atoms with E-state index < -0.39 is 30.2 Å². The normalized spacial score (nSPS) is 14.4. The van der Waals surface area contributed by atoms with Gasteiger partial charge in [-0.2, -0.15) is 5.26 Å². The van der Waals surface area contributed by atoms with Crippen LogP contribution >= 0.6 is 0 Å². The molecular formula is C23H15FN4O4. The number of nitrogens with zero attached hydrogens (tertiary/aromatic N) is 2. The van der Waals surface area contributed by atoms with Crippen LogP contribution in [0.5, 0.6) is 0 Å². The summed E-state index contributed by atoms with van der Waals surface area (Å²) in [6.45, 7) is -0.506. The zero-order valence-electron chi connectivity index (χ0n) is 16.5. The Morgan fingerprint density at radius 1 is 1.09 bits per heavy atom. The molecule has 4 amide bonds. The van der Waals surface area contributed by atoms with E-state index in [1.165, 1.54) is 30.3 Å². The molecule has 0 spiro atoms. The molecule has 0 bridgehead atoms. The molecule has 0 unspecified atom stereocenters. The van der Waals surface area contributed by atoms with Gasteiger partial charge in [-0.3, -0.25) is 9.59 Å². The van der Waals surface area contributed by atoms with E-state index in [9.17, 15) is 18.8 Å². The number of hydrogen-bond acceptors (Lipinski definition) is 5. The molecule has 2 N–H and O–H groups in total. The first kappa shape index (κ1) is 20.6. The standard InChI is InChI=1S/C23H15FN4O4/c24-16-5-7-17(8-6-16)26-21(29)13-28-22(30)19(27-23(28)31)11-18-9-10-20(32-18)15-3-1-14(12-25)2-4-15/h1-11H,13H2,(H,26,29)(H,27,31)/b19-11-. The first-order chi connectivity index (χ1) is 15.4. The molecule has 1 fully saturated rings. The Labute approximate surface area is 181 Å². The first-order valence-corrected chi connectivity index (χ1v) is 9.43. The lowest BCUT2D eigenvalue weighted by Gasteiger charge is -2.11. The van der Waals surface area contributed by atoms with Gasteiger partial charge in [0, 0.05) is 17.3 Å². The van der Waals surface area contributed by atoms with Crippen LogP contribution in [-0.4, -0.2) is 29.3 Å². The quantitative estimate of drug-likeness (QED) is 0.475. The average Bonchev–Trinajstić information content (AvgIpc) is 3.36. The third kappa shape index (κ3) is 4.39. The maximum Gasteiger partial charge on any atom is 0.329 e. The fourth-order valence-corrected chi connectivity index (χ4v) is 3.03. The molecular weight excluding hydrogens is 415 g/mol. The van der Waals surface area contributed by atoms with Crippen molar-refractivity contribution in [2.45, 2.75) is 0 Å². The van der Waals surface area contributed by atoms with Gasteiger partial charge in [0.2, 0.25) is 5.91 Å². The second-order valence-corrected chi connectivity index (χ2v) is 6.83. The van der Waals surface area contributed by atoms with Crippen LogP contribution in [0.15, 0.2) is 70.8 Å². The van der Waals surface area contributed by atoms with Gasteiger partial charge >= 0.3 is 6.03 Å². The molecule has 0 atom stereocenters. The molecule has 2 heterocycles. The molecule has 1 aliphatic heterocycles. The molecule has 0 saturated carbocycles. The van der Waals surface area contributed by atoms with Gasteiger partial charge in [0.15, 0.2) is 0 Å². The molecule has 4 rings (SSSR count). The lowest BCUT2D eigenvalue weighted by Crippen LogP contribution is -2.38. The number of furan rings is 1. The number of imide groups is 1. The Morgan fingerprint density at radius 2 is 1.81 bits per heavy atom. The molecule has 3 aromatic rings. The summed E-state index contributed by atoms with van der Waals surface area (Å²) >= 11 is 0. The molecule has 2 aromatic carbocycles. The average molecular weight is 430 g/mol. The van der Waals surface area contributed by atoms with Crippen LogP contribution in [0.4, 0.5) is 14.9 Å². The summed E-state index contributed by atoms with van der Waals surface area (Å²) in [5, 5.41) is 13.8. The van der Waals surface area contributed by atoms with Crippen molar-refractivity contribution in [2.24, 2.45) is 0 Å². The van der Waals surface area contributed by atoms with Crippen LogP contribution < -0.4 is 10.6 Å². The molecule has 0 aliphatic carbocycles. The van der Waals surface area contributed by atoms with E-state index in [2.05, 4.69) is 10.6 Å². The van der Waals surface area contributed by atoms with Gasteiger partial charge in [0.25, 0.3) is 5.91 Å². The second kappa shape index (κ2) is 8.57. The molecule has 158 valence electrons. The molecule has 0 radical (unpaired) electrons. The van der Waals surface area contributed by atoms with Crippen LogP contribution in [0.25, 0.3) is 17.4 Å². The predicted octanol–water partition coefficient (Wildman–Crippen LogP) is 3.49. The molecule has 9 heteroatoms. The summed E-state index contributed by atoms with van der Waals surface area (Å²) < 4.78 is 18.7. The zero-order chi connectivity index (χ0) is 22.7. The van der Waals surface area contributed by atoms with E-state index in [0.29, 0.717) is 22.8 Å². The summed E-state index contributed by atoms with van der Waals surface area (Å²) in [6.07, 6.45) is 1.37. The predicted molar refractivity (Wildman–Crippen MR) is 112 cm³/mol. The van der Waals surface area contributed by atoms with Crippen LogP contribution in [0.2, 0.25) is 0 Å². The third-order valence-corrected chi connectivity index (χ3v) is 4.60. The van der Waals surface area contributed by atoms with E-state index in [0.717, 1.165) is 10.5 Å². The Bertz CT molecular complexity index is 1270. The minimum Gasteiger partial charge on any atom is -0.457 e. The minimum absolute atomic E-state index is 0.0367. The highest BCUT2D eigenvalue weighted by molar-refractivity contribution is 6.15. The van der Waals surface area contributed by atoms with Crippen molar-refractivity contribution in [3.8, 4) is 17.4 Å². The maximum absolute atomic E-state index is 13.0. The van der Waals surface area contributed by atoms with Crippen molar-refractivity contribution in [3.05, 3.63) is 83.5 Å². The van der Waals surface area contributed by atoms with Gasteiger partial charge < -0.3 is 15.1 Å². The van der Waals surface area contributed by atoms with Crippen molar-refractivity contribution >= 4 is 29.6 Å². The van der Waals surface area contributed by atoms with E-state index in [1.807, 2.05) is 6.07 Å². The Kier molecular flexibility index (Phi) is 5.51. The van der Waals surface area contributed by atoms with Gasteiger partial charge in [0.05, 0.1) is 11.6 Å². The summed E-state index contributed by atoms with van der Waals surface area (Å²) in [7, 11) is 0. The first-order valence-electron chi connectivity index (χ1n) is 9.43. The summed E-state index contributed by atoms with van der Waals surface area (Å²) in [4.78, 5) is 37.7. The van der Waals surface area contributed by atoms with Gasteiger partial charge in [0.1, 0.15) is 29.6 Å². The fraction of sp³-hybridized carbons (Fsp3) is 0.0435. The van der Waals surface area contributed by atoms with E-state index >= 15 is 0 Å². The van der Waals surface area contributed by atoms with E-state index in [1.54, 1.807) is 36.4 Å². The zero-order valence-corrected chi connectivity index (χ0v) is 16.5. The lowest BCUT2D eigenvalue weighted by molar-refractivity contribution is -0.127. The number of anilines is 1. The third-order valence-electron chi connectivity index (χ3n) is 4.60. The Balaban J connectivity index is 1.44. The number of carbonyl (C=O) groups excluding carboxylic acids is 3. The number of benzene rings is 2. The summed E-state index contributed by atoms with van der Waals surface area (Å²) in [5.41, 5.74) is 1.57. The highest BCUT2D eigenvalue weighted by atomic mass is 19.1. The Hall–Kier alpha value is -4.71. The minimum atomic E-state index is -0.741. The highest BCUT2D eigenvalue weighted by Gasteiger charge is 2.35. The van der Waals surface area contributed by atoms with Gasteiger partial charge in [-0.25, -0.2) is 14.1 Å². The van der Waals surface area contributed by atoms with Crippen LogP contribution in [0.1, 0.15) is 11.3 Å². The molecule has 8 nitrogen and oxygen atoms in total. The number of urea groups is 1. The number of rotatable bonds is 5.